The number of hydrogen-bond donors (Lipinski definition) is 1. The van der Waals surface area contributed by atoms with Gasteiger partial charge in [-0.3, -0.25) is 0 Å². The SMILES string of the molecule is OC1C=C(Cc2nc3ccccc3s2)CCC1. The van der Waals surface area contributed by atoms with Gasteiger partial charge in [-0.05, 0) is 31.4 Å². The lowest BCUT2D eigenvalue weighted by atomic mass is 9.96. The highest BCUT2D eigenvalue weighted by molar-refractivity contribution is 7.18. The van der Waals surface area contributed by atoms with Crippen LogP contribution in [0, 0.1) is 0 Å². The Balaban J connectivity index is 1.85. The van der Waals surface area contributed by atoms with E-state index in [-0.39, 0.29) is 6.10 Å². The monoisotopic (exact) mass is 245 g/mol. The lowest BCUT2D eigenvalue weighted by Gasteiger charge is -2.15. The predicted molar refractivity (Wildman–Crippen MR) is 71.3 cm³/mol. The summed E-state index contributed by atoms with van der Waals surface area (Å²) in [4.78, 5) is 4.63. The maximum absolute atomic E-state index is 9.60. The van der Waals surface area contributed by atoms with Crippen LogP contribution in [0.4, 0.5) is 0 Å². The van der Waals surface area contributed by atoms with Crippen molar-refractivity contribution in [3.05, 3.63) is 40.9 Å². The maximum Gasteiger partial charge on any atom is 0.0979 e. The molecule has 1 unspecified atom stereocenters. The second kappa shape index (κ2) is 4.59. The second-order valence-electron chi connectivity index (χ2n) is 4.54. The molecule has 2 aromatic rings. The summed E-state index contributed by atoms with van der Waals surface area (Å²) in [5.74, 6) is 0. The van der Waals surface area contributed by atoms with Crippen LogP contribution in [-0.4, -0.2) is 16.2 Å². The molecule has 1 N–H and O–H groups in total. The van der Waals surface area contributed by atoms with Gasteiger partial charge in [0, 0.05) is 6.42 Å². The molecule has 0 bridgehead atoms. The molecule has 1 heterocycles. The minimum Gasteiger partial charge on any atom is -0.389 e. The van der Waals surface area contributed by atoms with E-state index in [2.05, 4.69) is 17.1 Å². The van der Waals surface area contributed by atoms with Gasteiger partial charge >= 0.3 is 0 Å². The van der Waals surface area contributed by atoms with Crippen LogP contribution in [0.2, 0.25) is 0 Å². The van der Waals surface area contributed by atoms with Crippen molar-refractivity contribution in [1.82, 2.24) is 4.98 Å². The van der Waals surface area contributed by atoms with Crippen molar-refractivity contribution < 1.29 is 5.11 Å². The van der Waals surface area contributed by atoms with Gasteiger partial charge < -0.3 is 5.11 Å². The molecule has 1 aromatic carbocycles. The van der Waals surface area contributed by atoms with Crippen LogP contribution >= 0.6 is 11.3 Å². The average Bonchev–Trinajstić information content (AvgIpc) is 2.71. The molecule has 0 aliphatic heterocycles. The fourth-order valence-corrected chi connectivity index (χ4v) is 3.33. The van der Waals surface area contributed by atoms with E-state index in [1.165, 1.54) is 10.3 Å². The Bertz CT molecular complexity index is 525. The van der Waals surface area contributed by atoms with Gasteiger partial charge in [-0.2, -0.15) is 0 Å². The Morgan fingerprint density at radius 2 is 2.24 bits per heavy atom. The van der Waals surface area contributed by atoms with Crippen LogP contribution in [0.3, 0.4) is 0 Å². The summed E-state index contributed by atoms with van der Waals surface area (Å²) in [6, 6.07) is 8.24. The number of rotatable bonds is 2. The highest BCUT2D eigenvalue weighted by Crippen LogP contribution is 2.26. The van der Waals surface area contributed by atoms with Gasteiger partial charge in [-0.25, -0.2) is 4.98 Å². The predicted octanol–water partition coefficient (Wildman–Crippen LogP) is 3.31. The Labute approximate surface area is 105 Å². The number of hydrogen-bond acceptors (Lipinski definition) is 3. The summed E-state index contributed by atoms with van der Waals surface area (Å²) in [6.07, 6.45) is 5.77. The van der Waals surface area contributed by atoms with Crippen molar-refractivity contribution in [2.75, 3.05) is 0 Å². The number of aromatic nitrogens is 1. The molecular formula is C14H15NOS. The number of fused-ring (bicyclic) bond motifs is 1. The molecule has 1 aliphatic carbocycles. The molecule has 0 radical (unpaired) electrons. The van der Waals surface area contributed by atoms with Crippen molar-refractivity contribution in [1.29, 1.82) is 0 Å². The Morgan fingerprint density at radius 3 is 3.06 bits per heavy atom. The molecule has 1 atom stereocenters. The molecule has 0 spiro atoms. The van der Waals surface area contributed by atoms with Gasteiger partial charge in [0.25, 0.3) is 0 Å². The van der Waals surface area contributed by atoms with Gasteiger partial charge in [0.15, 0.2) is 0 Å². The largest absolute Gasteiger partial charge is 0.389 e. The number of thiazole rings is 1. The van der Waals surface area contributed by atoms with Gasteiger partial charge in [-0.15, -0.1) is 11.3 Å². The third-order valence-corrected chi connectivity index (χ3v) is 4.18. The van der Waals surface area contributed by atoms with Crippen LogP contribution in [0.25, 0.3) is 10.2 Å². The average molecular weight is 245 g/mol. The number of allylic oxidation sites excluding steroid dienone is 1. The van der Waals surface area contributed by atoms with E-state index in [0.29, 0.717) is 0 Å². The number of aliphatic hydroxyl groups excluding tert-OH is 1. The molecule has 3 heteroatoms. The lowest BCUT2D eigenvalue weighted by molar-refractivity contribution is 0.202. The van der Waals surface area contributed by atoms with Gasteiger partial charge in [0.05, 0.1) is 21.3 Å². The summed E-state index contributed by atoms with van der Waals surface area (Å²) in [5, 5.41) is 10.8. The molecule has 88 valence electrons. The first-order valence-electron chi connectivity index (χ1n) is 6.03. The fraction of sp³-hybridized carbons (Fsp3) is 0.357. The standard InChI is InChI=1S/C14H15NOS/c16-11-5-3-4-10(8-11)9-14-15-12-6-1-2-7-13(12)17-14/h1-2,6-8,11,16H,3-5,9H2. The number of benzene rings is 1. The molecule has 0 saturated carbocycles. The third-order valence-electron chi connectivity index (χ3n) is 3.14. The van der Waals surface area contributed by atoms with Gasteiger partial charge in [0.1, 0.15) is 0 Å². The van der Waals surface area contributed by atoms with Crippen LogP contribution in [0.5, 0.6) is 0 Å². The Morgan fingerprint density at radius 1 is 1.35 bits per heavy atom. The molecular weight excluding hydrogens is 230 g/mol. The highest BCUT2D eigenvalue weighted by atomic mass is 32.1. The molecule has 2 nitrogen and oxygen atoms in total. The van der Waals surface area contributed by atoms with Crippen LogP contribution < -0.4 is 0 Å². The zero-order valence-corrected chi connectivity index (χ0v) is 10.4. The molecule has 0 amide bonds. The smallest absolute Gasteiger partial charge is 0.0979 e. The van der Waals surface area contributed by atoms with Gasteiger partial charge in [-0.1, -0.05) is 23.8 Å². The van der Waals surface area contributed by atoms with E-state index >= 15 is 0 Å². The van der Waals surface area contributed by atoms with Crippen LogP contribution in [0.15, 0.2) is 35.9 Å². The van der Waals surface area contributed by atoms with E-state index in [9.17, 15) is 5.11 Å². The third kappa shape index (κ3) is 2.40. The van der Waals surface area contributed by atoms with E-state index in [1.54, 1.807) is 11.3 Å². The van der Waals surface area contributed by atoms with Crippen LogP contribution in [-0.2, 0) is 6.42 Å². The summed E-state index contributed by atoms with van der Waals surface area (Å²) >= 11 is 1.76. The maximum atomic E-state index is 9.60. The van der Waals surface area contributed by atoms with Gasteiger partial charge in [0.2, 0.25) is 0 Å². The Hall–Kier alpha value is -1.19. The molecule has 1 aromatic heterocycles. The molecule has 0 fully saturated rings. The first kappa shape index (κ1) is 10.9. The van der Waals surface area contributed by atoms with Crippen molar-refractivity contribution >= 4 is 21.6 Å². The molecule has 0 saturated heterocycles. The van der Waals surface area contributed by atoms with Crippen molar-refractivity contribution in [2.45, 2.75) is 31.8 Å². The summed E-state index contributed by atoms with van der Waals surface area (Å²) < 4.78 is 1.25. The summed E-state index contributed by atoms with van der Waals surface area (Å²) in [7, 11) is 0. The first-order valence-corrected chi connectivity index (χ1v) is 6.85. The topological polar surface area (TPSA) is 33.1 Å². The zero-order chi connectivity index (χ0) is 11.7. The minimum atomic E-state index is -0.242. The van der Waals surface area contributed by atoms with Crippen LogP contribution in [0.1, 0.15) is 24.3 Å². The number of para-hydroxylation sites is 1. The van der Waals surface area contributed by atoms with E-state index < -0.39 is 0 Å². The van der Waals surface area contributed by atoms with Crippen molar-refractivity contribution in [3.63, 3.8) is 0 Å². The van der Waals surface area contributed by atoms with Crippen molar-refractivity contribution in [3.8, 4) is 0 Å². The summed E-state index contributed by atoms with van der Waals surface area (Å²) in [5.41, 5.74) is 2.42. The van der Waals surface area contributed by atoms with E-state index in [4.69, 9.17) is 0 Å². The normalized spacial score (nSPS) is 20.5. The first-order chi connectivity index (χ1) is 8.31. The lowest BCUT2D eigenvalue weighted by Crippen LogP contribution is -2.09. The summed E-state index contributed by atoms with van der Waals surface area (Å²) in [6.45, 7) is 0. The van der Waals surface area contributed by atoms with Crippen molar-refractivity contribution in [2.24, 2.45) is 0 Å². The molecule has 3 rings (SSSR count). The second-order valence-corrected chi connectivity index (χ2v) is 5.65. The van der Waals surface area contributed by atoms with E-state index in [0.717, 1.165) is 36.2 Å². The number of nitrogens with zero attached hydrogens (tertiary/aromatic N) is 1. The molecule has 1 aliphatic rings. The zero-order valence-electron chi connectivity index (χ0n) is 9.60. The molecule has 17 heavy (non-hydrogen) atoms. The fourth-order valence-electron chi connectivity index (χ4n) is 2.31. The number of aliphatic hydroxyl groups is 1. The minimum absolute atomic E-state index is 0.242. The quantitative estimate of drug-likeness (QED) is 0.823. The highest BCUT2D eigenvalue weighted by Gasteiger charge is 2.12. The Kier molecular flexibility index (Phi) is 2.95. The van der Waals surface area contributed by atoms with E-state index in [1.807, 2.05) is 18.2 Å².